The number of carbonyl (C=O) groups excluding carboxylic acids is 1. The lowest BCUT2D eigenvalue weighted by Crippen LogP contribution is -2.04. The summed E-state index contributed by atoms with van der Waals surface area (Å²) in [6.45, 7) is 1.49. The number of nitrogens with zero attached hydrogens (tertiary/aromatic N) is 2. The van der Waals surface area contributed by atoms with Crippen LogP contribution in [0, 0.1) is 10.8 Å². The molecule has 0 heterocycles. The molecule has 1 N–H and O–H groups in total. The molecule has 0 fully saturated rings. The van der Waals surface area contributed by atoms with Gasteiger partial charge in [0.1, 0.15) is 0 Å². The third-order valence-corrected chi connectivity index (χ3v) is 1.09. The number of nitrogens with one attached hydrogen (secondary N) is 1. The third kappa shape index (κ3) is 4.01. The van der Waals surface area contributed by atoms with Crippen LogP contribution in [0.25, 0.3) is 0 Å². The molecule has 0 aliphatic heterocycles. The van der Waals surface area contributed by atoms with Crippen LogP contribution in [0.1, 0.15) is 6.92 Å². The van der Waals surface area contributed by atoms with E-state index in [1.54, 1.807) is 0 Å². The van der Waals surface area contributed by atoms with E-state index in [-0.39, 0.29) is 5.91 Å². The summed E-state index contributed by atoms with van der Waals surface area (Å²) in [4.78, 5) is 10.5. The van der Waals surface area contributed by atoms with Gasteiger partial charge in [0.05, 0.1) is 0 Å². The minimum atomic E-state index is -0.0359. The molecule has 1 aromatic carbocycles. The Labute approximate surface area is 70.6 Å². The van der Waals surface area contributed by atoms with Gasteiger partial charge < -0.3 is 5.32 Å². The second-order valence-electron chi connectivity index (χ2n) is 2.05. The van der Waals surface area contributed by atoms with Crippen molar-refractivity contribution >= 4 is 11.6 Å². The highest BCUT2D eigenvalue weighted by Crippen LogP contribution is 2.03. The standard InChI is InChI=1S/C8H9NO.N2/c1-7(10)9-8-5-3-2-4-6-8;1-2/h2-6H,1H3,(H,9,10);. The zero-order valence-corrected chi connectivity index (χ0v) is 6.69. The van der Waals surface area contributed by atoms with Crippen molar-refractivity contribution < 1.29 is 4.79 Å². The second kappa shape index (κ2) is 5.86. The maximum Gasteiger partial charge on any atom is 0.221 e. The first-order chi connectivity index (χ1) is 5.79. The molecule has 0 bridgehead atoms. The van der Waals surface area contributed by atoms with E-state index in [2.05, 4.69) is 5.32 Å². The minimum absolute atomic E-state index is 0.0359. The number of hydrogen-bond donors (Lipinski definition) is 1. The van der Waals surface area contributed by atoms with E-state index in [1.165, 1.54) is 6.92 Å². The van der Waals surface area contributed by atoms with Crippen LogP contribution in [0.2, 0.25) is 0 Å². The molecule has 1 amide bonds. The third-order valence-electron chi connectivity index (χ3n) is 1.09. The van der Waals surface area contributed by atoms with Gasteiger partial charge in [0, 0.05) is 23.4 Å². The highest BCUT2D eigenvalue weighted by atomic mass is 16.1. The lowest BCUT2D eigenvalue weighted by Gasteiger charge is -1.98. The number of hydrogen-bond acceptors (Lipinski definition) is 3. The number of para-hydroxylation sites is 1. The number of anilines is 1. The summed E-state index contributed by atoms with van der Waals surface area (Å²) < 4.78 is 0. The normalized spacial score (nSPS) is 7.58. The first kappa shape index (κ1) is 10.1. The lowest BCUT2D eigenvalue weighted by molar-refractivity contribution is -0.114. The summed E-state index contributed by atoms with van der Waals surface area (Å²) in [6, 6.07) is 9.37. The van der Waals surface area contributed by atoms with Gasteiger partial charge in [0.25, 0.3) is 0 Å². The number of amides is 1. The van der Waals surface area contributed by atoms with Crippen LogP contribution in [0.4, 0.5) is 5.69 Å². The topological polar surface area (TPSA) is 76.7 Å². The van der Waals surface area contributed by atoms with Crippen molar-refractivity contribution in [3.8, 4) is 0 Å². The zero-order chi connectivity index (χ0) is 9.40. The average molecular weight is 163 g/mol. The molecule has 1 aromatic rings. The SMILES string of the molecule is CC(=O)Nc1ccccc1.N#N. The first-order valence-electron chi connectivity index (χ1n) is 3.31. The molecule has 0 unspecified atom stereocenters. The molecule has 0 aromatic heterocycles. The summed E-state index contributed by atoms with van der Waals surface area (Å²) in [5.74, 6) is -0.0359. The quantitative estimate of drug-likeness (QED) is 0.640. The molecule has 0 aliphatic carbocycles. The Bertz CT molecular complexity index is 256. The summed E-state index contributed by atoms with van der Waals surface area (Å²) in [5.41, 5.74) is 0.843. The maximum absolute atomic E-state index is 10.5. The van der Waals surface area contributed by atoms with Gasteiger partial charge in [-0.1, -0.05) is 18.2 Å². The van der Waals surface area contributed by atoms with E-state index in [4.69, 9.17) is 10.8 Å². The number of rotatable bonds is 1. The van der Waals surface area contributed by atoms with Gasteiger partial charge in [-0.15, -0.1) is 0 Å². The fraction of sp³-hybridized carbons (Fsp3) is 0.125. The molecule has 0 radical (unpaired) electrons. The molecule has 0 saturated carbocycles. The summed E-state index contributed by atoms with van der Waals surface area (Å²) in [5, 5.41) is 14.7. The molecular weight excluding hydrogens is 154 g/mol. The Morgan fingerprint density at radius 2 is 1.75 bits per heavy atom. The van der Waals surface area contributed by atoms with Crippen LogP contribution in [-0.2, 0) is 4.79 Å². The molecule has 4 nitrogen and oxygen atoms in total. The second-order valence-corrected chi connectivity index (χ2v) is 2.05. The first-order valence-corrected chi connectivity index (χ1v) is 3.31. The van der Waals surface area contributed by atoms with Crippen LogP contribution in [-0.4, -0.2) is 5.91 Å². The van der Waals surface area contributed by atoms with Crippen LogP contribution < -0.4 is 5.32 Å². The summed E-state index contributed by atoms with van der Waals surface area (Å²) in [7, 11) is 0. The van der Waals surface area contributed by atoms with E-state index >= 15 is 0 Å². The summed E-state index contributed by atoms with van der Waals surface area (Å²) in [6.07, 6.45) is 0. The van der Waals surface area contributed by atoms with Crippen molar-refractivity contribution in [1.29, 1.82) is 10.8 Å². The van der Waals surface area contributed by atoms with Gasteiger partial charge in [0.2, 0.25) is 5.91 Å². The fourth-order valence-corrected chi connectivity index (χ4v) is 0.725. The minimum Gasteiger partial charge on any atom is -0.326 e. The lowest BCUT2D eigenvalue weighted by atomic mass is 10.3. The Morgan fingerprint density at radius 3 is 2.17 bits per heavy atom. The van der Waals surface area contributed by atoms with E-state index in [0.717, 1.165) is 5.69 Å². The van der Waals surface area contributed by atoms with E-state index in [0.29, 0.717) is 0 Å². The highest BCUT2D eigenvalue weighted by molar-refractivity contribution is 5.88. The van der Waals surface area contributed by atoms with Crippen molar-refractivity contribution in [2.75, 3.05) is 5.32 Å². The van der Waals surface area contributed by atoms with E-state index < -0.39 is 0 Å². The number of carbonyl (C=O) groups is 1. The molecule has 0 aliphatic rings. The van der Waals surface area contributed by atoms with Crippen LogP contribution in [0.5, 0.6) is 0 Å². The van der Waals surface area contributed by atoms with Crippen molar-refractivity contribution in [2.24, 2.45) is 0 Å². The molecule has 62 valence electrons. The van der Waals surface area contributed by atoms with Crippen LogP contribution in [0.3, 0.4) is 0 Å². The highest BCUT2D eigenvalue weighted by Gasteiger charge is 1.90. The Balaban J connectivity index is 0.000000561. The molecule has 1 rings (SSSR count). The Kier molecular flexibility index (Phi) is 4.94. The average Bonchev–Trinajstić information content (AvgIpc) is 2.08. The van der Waals surface area contributed by atoms with E-state index in [1.807, 2.05) is 30.3 Å². The molecule has 4 heteroatoms. The zero-order valence-electron chi connectivity index (χ0n) is 6.69. The van der Waals surface area contributed by atoms with Gasteiger partial charge in [-0.05, 0) is 12.1 Å². The summed E-state index contributed by atoms with van der Waals surface area (Å²) >= 11 is 0. The van der Waals surface area contributed by atoms with Gasteiger partial charge in [-0.3, -0.25) is 4.79 Å². The van der Waals surface area contributed by atoms with Gasteiger partial charge in [0.15, 0.2) is 0 Å². The van der Waals surface area contributed by atoms with Gasteiger partial charge in [-0.2, -0.15) is 0 Å². The van der Waals surface area contributed by atoms with Gasteiger partial charge in [-0.25, -0.2) is 0 Å². The van der Waals surface area contributed by atoms with Crippen molar-refractivity contribution in [1.82, 2.24) is 0 Å². The smallest absolute Gasteiger partial charge is 0.221 e. The molecule has 0 saturated heterocycles. The van der Waals surface area contributed by atoms with Crippen LogP contribution in [0.15, 0.2) is 30.3 Å². The van der Waals surface area contributed by atoms with Crippen LogP contribution >= 0.6 is 0 Å². The maximum atomic E-state index is 10.5. The van der Waals surface area contributed by atoms with Crippen molar-refractivity contribution in [2.45, 2.75) is 6.92 Å². The molecule has 12 heavy (non-hydrogen) atoms. The number of benzene rings is 1. The monoisotopic (exact) mass is 163 g/mol. The predicted molar refractivity (Wildman–Crippen MR) is 44.2 cm³/mol. The van der Waals surface area contributed by atoms with Crippen molar-refractivity contribution in [3.05, 3.63) is 30.3 Å². The fourth-order valence-electron chi connectivity index (χ4n) is 0.725. The molecular formula is C8H9N3O. The van der Waals surface area contributed by atoms with Crippen molar-refractivity contribution in [3.63, 3.8) is 0 Å². The Hall–Kier alpha value is -1.89. The molecule has 0 spiro atoms. The molecule has 0 atom stereocenters. The predicted octanol–water partition coefficient (Wildman–Crippen LogP) is 1.68. The van der Waals surface area contributed by atoms with E-state index in [9.17, 15) is 4.79 Å². The van der Waals surface area contributed by atoms with Gasteiger partial charge >= 0.3 is 0 Å². The Morgan fingerprint density at radius 1 is 1.25 bits per heavy atom. The largest absolute Gasteiger partial charge is 0.326 e.